The molecule has 1 aromatic heterocycles. The quantitative estimate of drug-likeness (QED) is 0.904. The molecule has 0 saturated heterocycles. The Morgan fingerprint density at radius 2 is 1.90 bits per heavy atom. The van der Waals surface area contributed by atoms with Crippen LogP contribution in [0.2, 0.25) is 0 Å². The van der Waals surface area contributed by atoms with E-state index in [1.54, 1.807) is 19.2 Å². The van der Waals surface area contributed by atoms with E-state index in [4.69, 9.17) is 0 Å². The smallest absolute Gasteiger partial charge is 0.130 e. The second-order valence-corrected chi connectivity index (χ2v) is 5.20. The topological polar surface area (TPSA) is 24.9 Å². The van der Waals surface area contributed by atoms with E-state index in [-0.39, 0.29) is 6.04 Å². The van der Waals surface area contributed by atoms with Crippen molar-refractivity contribution in [1.82, 2.24) is 10.3 Å². The number of hydrogen-bond acceptors (Lipinski definition) is 2. The number of aryl methyl sites for hydroxylation is 2. The number of hydrogen-bond donors (Lipinski definition) is 1. The highest BCUT2D eigenvalue weighted by Gasteiger charge is 2.18. The fourth-order valence-electron chi connectivity index (χ4n) is 2.41. The number of halogens is 2. The highest BCUT2D eigenvalue weighted by molar-refractivity contribution is 5.30. The summed E-state index contributed by atoms with van der Waals surface area (Å²) in [6, 6.07) is 6.18. The Labute approximate surface area is 124 Å². The fraction of sp³-hybridized carbons (Fsp3) is 0.353. The minimum absolute atomic E-state index is 0.220. The lowest BCUT2D eigenvalue weighted by Gasteiger charge is -2.20. The molecule has 0 amide bonds. The molecule has 1 atom stereocenters. The third kappa shape index (κ3) is 3.64. The maximum absolute atomic E-state index is 14.1. The van der Waals surface area contributed by atoms with E-state index in [0.717, 1.165) is 17.3 Å². The Morgan fingerprint density at radius 3 is 2.57 bits per heavy atom. The Morgan fingerprint density at radius 1 is 1.14 bits per heavy atom. The lowest BCUT2D eigenvalue weighted by Crippen LogP contribution is -2.25. The Kier molecular flexibility index (Phi) is 5.02. The summed E-state index contributed by atoms with van der Waals surface area (Å²) in [5.41, 5.74) is 2.93. The van der Waals surface area contributed by atoms with Gasteiger partial charge in [-0.05, 0) is 43.7 Å². The van der Waals surface area contributed by atoms with Crippen LogP contribution >= 0.6 is 0 Å². The standard InChI is InChI=1S/C17H20F2N2/c1-4-20-17(10-16-11(2)6-5-7-21-16)13-8-12(3)14(18)9-15(13)19/h5-9,17,20H,4,10H2,1-3H3. The second-order valence-electron chi connectivity index (χ2n) is 5.20. The highest BCUT2D eigenvalue weighted by atomic mass is 19.1. The van der Waals surface area contributed by atoms with Gasteiger partial charge in [-0.3, -0.25) is 4.98 Å². The SMILES string of the molecule is CCNC(Cc1ncccc1C)c1cc(C)c(F)cc1F. The Balaban J connectivity index is 2.35. The summed E-state index contributed by atoms with van der Waals surface area (Å²) >= 11 is 0. The summed E-state index contributed by atoms with van der Waals surface area (Å²) < 4.78 is 27.5. The van der Waals surface area contributed by atoms with Gasteiger partial charge in [0.2, 0.25) is 0 Å². The van der Waals surface area contributed by atoms with Crippen LogP contribution in [0.15, 0.2) is 30.5 Å². The zero-order chi connectivity index (χ0) is 15.4. The van der Waals surface area contributed by atoms with Gasteiger partial charge < -0.3 is 5.32 Å². The van der Waals surface area contributed by atoms with Crippen molar-refractivity contribution in [2.45, 2.75) is 33.2 Å². The monoisotopic (exact) mass is 290 g/mol. The van der Waals surface area contributed by atoms with E-state index in [1.807, 2.05) is 26.0 Å². The van der Waals surface area contributed by atoms with Gasteiger partial charge in [-0.1, -0.05) is 13.0 Å². The van der Waals surface area contributed by atoms with Gasteiger partial charge in [-0.15, -0.1) is 0 Å². The van der Waals surface area contributed by atoms with Gasteiger partial charge in [0.25, 0.3) is 0 Å². The summed E-state index contributed by atoms with van der Waals surface area (Å²) in [6.07, 6.45) is 2.31. The summed E-state index contributed by atoms with van der Waals surface area (Å²) in [7, 11) is 0. The first-order valence-electron chi connectivity index (χ1n) is 7.12. The van der Waals surface area contributed by atoms with Crippen molar-refractivity contribution in [1.29, 1.82) is 0 Å². The maximum atomic E-state index is 14.1. The van der Waals surface area contributed by atoms with Gasteiger partial charge >= 0.3 is 0 Å². The van der Waals surface area contributed by atoms with Gasteiger partial charge in [0, 0.05) is 36.0 Å². The molecule has 1 unspecified atom stereocenters. The average molecular weight is 290 g/mol. The summed E-state index contributed by atoms with van der Waals surface area (Å²) in [5.74, 6) is -1.03. The molecule has 2 aromatic rings. The molecule has 112 valence electrons. The van der Waals surface area contributed by atoms with Crippen molar-refractivity contribution < 1.29 is 8.78 Å². The summed E-state index contributed by atoms with van der Waals surface area (Å²) in [4.78, 5) is 4.36. The lowest BCUT2D eigenvalue weighted by atomic mass is 9.97. The molecule has 21 heavy (non-hydrogen) atoms. The van der Waals surface area contributed by atoms with Crippen molar-refractivity contribution in [3.05, 3.63) is 64.5 Å². The molecule has 0 aliphatic heterocycles. The van der Waals surface area contributed by atoms with Crippen LogP contribution in [-0.4, -0.2) is 11.5 Å². The molecule has 0 aliphatic carbocycles. The molecular weight excluding hydrogens is 270 g/mol. The normalized spacial score (nSPS) is 12.4. The molecular formula is C17H20F2N2. The van der Waals surface area contributed by atoms with Crippen LogP contribution in [0.5, 0.6) is 0 Å². The van der Waals surface area contributed by atoms with Crippen molar-refractivity contribution in [3.63, 3.8) is 0 Å². The molecule has 0 spiro atoms. The Bertz CT molecular complexity index is 626. The number of likely N-dealkylation sites (N-methyl/N-ethyl adjacent to an activating group) is 1. The molecule has 0 radical (unpaired) electrons. The van der Waals surface area contributed by atoms with Crippen LogP contribution < -0.4 is 5.32 Å². The van der Waals surface area contributed by atoms with Gasteiger partial charge in [0.1, 0.15) is 11.6 Å². The van der Waals surface area contributed by atoms with E-state index in [1.165, 1.54) is 0 Å². The predicted octanol–water partition coefficient (Wildman–Crippen LogP) is 3.87. The lowest BCUT2D eigenvalue weighted by molar-refractivity contribution is 0.496. The first-order chi connectivity index (χ1) is 10.0. The van der Waals surface area contributed by atoms with Crippen molar-refractivity contribution in [2.24, 2.45) is 0 Å². The van der Waals surface area contributed by atoms with Gasteiger partial charge in [-0.25, -0.2) is 8.78 Å². The predicted molar refractivity (Wildman–Crippen MR) is 80.2 cm³/mol. The van der Waals surface area contributed by atoms with Gasteiger partial charge in [0.15, 0.2) is 0 Å². The molecule has 1 N–H and O–H groups in total. The zero-order valence-corrected chi connectivity index (χ0v) is 12.6. The molecule has 2 rings (SSSR count). The Hall–Kier alpha value is -1.81. The van der Waals surface area contributed by atoms with Crippen LogP contribution in [-0.2, 0) is 6.42 Å². The first kappa shape index (κ1) is 15.6. The molecule has 1 heterocycles. The van der Waals surface area contributed by atoms with Crippen molar-refractivity contribution >= 4 is 0 Å². The molecule has 0 aliphatic rings. The van der Waals surface area contributed by atoms with Crippen LogP contribution in [0.3, 0.4) is 0 Å². The molecule has 0 saturated carbocycles. The van der Waals surface area contributed by atoms with Crippen LogP contribution in [0.4, 0.5) is 8.78 Å². The second kappa shape index (κ2) is 6.76. The van der Waals surface area contributed by atoms with E-state index in [0.29, 0.717) is 24.1 Å². The molecule has 0 bridgehead atoms. The third-order valence-corrected chi connectivity index (χ3v) is 3.62. The van der Waals surface area contributed by atoms with Crippen LogP contribution in [0, 0.1) is 25.5 Å². The summed E-state index contributed by atoms with van der Waals surface area (Å²) in [5, 5.41) is 3.26. The third-order valence-electron chi connectivity index (χ3n) is 3.62. The molecule has 0 fully saturated rings. The number of aromatic nitrogens is 1. The number of rotatable bonds is 5. The van der Waals surface area contributed by atoms with Gasteiger partial charge in [0.05, 0.1) is 0 Å². The average Bonchev–Trinajstić information content (AvgIpc) is 2.45. The van der Waals surface area contributed by atoms with E-state index < -0.39 is 11.6 Å². The number of nitrogens with one attached hydrogen (secondary N) is 1. The van der Waals surface area contributed by atoms with Gasteiger partial charge in [-0.2, -0.15) is 0 Å². The van der Waals surface area contributed by atoms with Crippen molar-refractivity contribution in [2.75, 3.05) is 6.54 Å². The fourth-order valence-corrected chi connectivity index (χ4v) is 2.41. The molecule has 2 nitrogen and oxygen atoms in total. The minimum atomic E-state index is -0.516. The molecule has 4 heteroatoms. The number of benzene rings is 1. The number of pyridine rings is 1. The maximum Gasteiger partial charge on any atom is 0.130 e. The van der Waals surface area contributed by atoms with E-state index >= 15 is 0 Å². The van der Waals surface area contributed by atoms with E-state index in [2.05, 4.69) is 10.3 Å². The first-order valence-corrected chi connectivity index (χ1v) is 7.12. The highest BCUT2D eigenvalue weighted by Crippen LogP contribution is 2.24. The van der Waals surface area contributed by atoms with E-state index in [9.17, 15) is 8.78 Å². The van der Waals surface area contributed by atoms with Crippen LogP contribution in [0.25, 0.3) is 0 Å². The largest absolute Gasteiger partial charge is 0.310 e. The zero-order valence-electron chi connectivity index (χ0n) is 12.6. The van der Waals surface area contributed by atoms with Crippen LogP contribution in [0.1, 0.15) is 35.3 Å². The number of nitrogens with zero attached hydrogens (tertiary/aromatic N) is 1. The summed E-state index contributed by atoms with van der Waals surface area (Å²) in [6.45, 7) is 6.30. The van der Waals surface area contributed by atoms with Crippen molar-refractivity contribution in [3.8, 4) is 0 Å². The molecule has 1 aromatic carbocycles. The minimum Gasteiger partial charge on any atom is -0.310 e.